The minimum absolute atomic E-state index is 0.0228. The first kappa shape index (κ1) is 22.7. The van der Waals surface area contributed by atoms with Crippen LogP contribution in [-0.4, -0.2) is 39.5 Å². The van der Waals surface area contributed by atoms with Gasteiger partial charge >= 0.3 is 0 Å². The second-order valence-electron chi connectivity index (χ2n) is 10.2. The van der Waals surface area contributed by atoms with Gasteiger partial charge in [0.2, 0.25) is 5.12 Å². The fourth-order valence-electron chi connectivity index (χ4n) is 6.57. The summed E-state index contributed by atoms with van der Waals surface area (Å²) in [6.45, 7) is 2.27. The van der Waals surface area contributed by atoms with Gasteiger partial charge < -0.3 is 15.5 Å². The first-order valence-electron chi connectivity index (χ1n) is 12.3. The standard InChI is InChI=1S/C30H23NO5S/c1-13-10-22(33)25-15-4-2-3-5-16(15)27(34)23(13)19(25)12-31-20-8-7-17-26-18(20)11-14-6-9-21(32)28(35)24(14)29(26)37-30(17)36/h2-11,19,21,23,25,28,31-32,35H,12H2,1H3/t19-,21+,23-,25-,28-/m0/s1. The summed E-state index contributed by atoms with van der Waals surface area (Å²) in [6, 6.07) is 13.0. The molecule has 1 aliphatic heterocycles. The molecule has 3 aromatic carbocycles. The Labute approximate surface area is 217 Å². The number of fused-ring (bicyclic) bond motifs is 6. The number of anilines is 1. The Morgan fingerprint density at radius 1 is 1.00 bits per heavy atom. The number of ketones is 2. The molecule has 0 amide bonds. The van der Waals surface area contributed by atoms with Crippen molar-refractivity contribution in [1.82, 2.24) is 0 Å². The highest BCUT2D eigenvalue weighted by Gasteiger charge is 2.48. The number of carbonyl (C=O) groups excluding carboxylic acids is 3. The van der Waals surface area contributed by atoms with Crippen molar-refractivity contribution in [1.29, 1.82) is 0 Å². The van der Waals surface area contributed by atoms with E-state index in [0.717, 1.165) is 44.9 Å². The van der Waals surface area contributed by atoms with Crippen molar-refractivity contribution in [3.8, 4) is 0 Å². The molecule has 3 aromatic rings. The third kappa shape index (κ3) is 3.11. The van der Waals surface area contributed by atoms with Crippen LogP contribution >= 0.6 is 11.8 Å². The van der Waals surface area contributed by atoms with Gasteiger partial charge in [-0.2, -0.15) is 0 Å². The van der Waals surface area contributed by atoms with Crippen LogP contribution in [-0.2, 0) is 4.79 Å². The Morgan fingerprint density at radius 2 is 1.81 bits per heavy atom. The van der Waals surface area contributed by atoms with Gasteiger partial charge in [-0.25, -0.2) is 0 Å². The molecule has 0 spiro atoms. The van der Waals surface area contributed by atoms with Crippen LogP contribution in [0.25, 0.3) is 16.8 Å². The molecule has 5 atom stereocenters. The maximum atomic E-state index is 13.5. The Morgan fingerprint density at radius 3 is 2.65 bits per heavy atom. The van der Waals surface area contributed by atoms with Crippen molar-refractivity contribution in [2.45, 2.75) is 29.9 Å². The summed E-state index contributed by atoms with van der Waals surface area (Å²) in [4.78, 5) is 40.1. The Bertz CT molecular complexity index is 1640. The van der Waals surface area contributed by atoms with E-state index in [4.69, 9.17) is 0 Å². The van der Waals surface area contributed by atoms with E-state index < -0.39 is 18.1 Å². The lowest BCUT2D eigenvalue weighted by atomic mass is 9.61. The van der Waals surface area contributed by atoms with E-state index in [1.54, 1.807) is 24.3 Å². The zero-order valence-electron chi connectivity index (χ0n) is 19.9. The second-order valence-corrected chi connectivity index (χ2v) is 11.2. The largest absolute Gasteiger partial charge is 0.386 e. The maximum absolute atomic E-state index is 13.5. The van der Waals surface area contributed by atoms with Crippen LogP contribution in [0, 0.1) is 11.8 Å². The highest BCUT2D eigenvalue weighted by atomic mass is 32.2. The quantitative estimate of drug-likeness (QED) is 0.472. The van der Waals surface area contributed by atoms with Gasteiger partial charge in [0, 0.05) is 56.4 Å². The van der Waals surface area contributed by atoms with Crippen LogP contribution in [0.15, 0.2) is 65.1 Å². The van der Waals surface area contributed by atoms with Crippen LogP contribution in [0.5, 0.6) is 0 Å². The number of benzene rings is 3. The van der Waals surface area contributed by atoms with E-state index in [9.17, 15) is 24.6 Å². The smallest absolute Gasteiger partial charge is 0.224 e. The predicted octanol–water partition coefficient (Wildman–Crippen LogP) is 4.66. The summed E-state index contributed by atoms with van der Waals surface area (Å²) in [6.07, 6.45) is 2.82. The van der Waals surface area contributed by atoms with Crippen molar-refractivity contribution < 1.29 is 24.6 Å². The lowest BCUT2D eigenvalue weighted by Crippen LogP contribution is -2.44. The monoisotopic (exact) mass is 509 g/mol. The van der Waals surface area contributed by atoms with Gasteiger partial charge in [0.1, 0.15) is 12.2 Å². The summed E-state index contributed by atoms with van der Waals surface area (Å²) in [5.74, 6) is -0.920. The van der Waals surface area contributed by atoms with Gasteiger partial charge in [-0.05, 0) is 54.1 Å². The molecule has 2 bridgehead atoms. The molecule has 184 valence electrons. The van der Waals surface area contributed by atoms with E-state index in [1.165, 1.54) is 0 Å². The number of nitrogens with one attached hydrogen (secondary N) is 1. The molecule has 0 unspecified atom stereocenters. The third-order valence-corrected chi connectivity index (χ3v) is 9.26. The zero-order valence-corrected chi connectivity index (χ0v) is 20.7. The molecule has 0 saturated carbocycles. The van der Waals surface area contributed by atoms with E-state index in [0.29, 0.717) is 28.1 Å². The fraction of sp³-hybridized carbons (Fsp3) is 0.233. The number of hydrogen-bond donors (Lipinski definition) is 3. The number of hydrogen-bond acceptors (Lipinski definition) is 7. The van der Waals surface area contributed by atoms with Gasteiger partial charge in [-0.3, -0.25) is 14.4 Å². The minimum atomic E-state index is -1.10. The van der Waals surface area contributed by atoms with E-state index >= 15 is 0 Å². The summed E-state index contributed by atoms with van der Waals surface area (Å²) in [5.41, 5.74) is 4.93. The average molecular weight is 510 g/mol. The molecule has 0 saturated heterocycles. The van der Waals surface area contributed by atoms with Crippen LogP contribution in [0.4, 0.5) is 5.69 Å². The maximum Gasteiger partial charge on any atom is 0.224 e. The normalized spacial score (nSPS) is 27.3. The van der Waals surface area contributed by atoms with Crippen molar-refractivity contribution in [2.75, 3.05) is 11.9 Å². The van der Waals surface area contributed by atoms with Crippen molar-refractivity contribution in [2.24, 2.45) is 11.8 Å². The molecule has 6 nitrogen and oxygen atoms in total. The SMILES string of the molecule is CC1=CC(=O)[C@H]2c3ccccc3C(=O)[C@@H]1[C@@H]2CNc1ccc2c3c(c4c(cc13)C=C[C@@H](O)[C@@H]4O)SC2=O. The lowest BCUT2D eigenvalue weighted by molar-refractivity contribution is -0.118. The molecule has 0 fully saturated rings. The molecule has 0 radical (unpaired) electrons. The van der Waals surface area contributed by atoms with Gasteiger partial charge in [0.15, 0.2) is 11.6 Å². The first-order valence-corrected chi connectivity index (χ1v) is 13.2. The van der Waals surface area contributed by atoms with Crippen molar-refractivity contribution >= 4 is 51.0 Å². The molecular weight excluding hydrogens is 486 g/mol. The second kappa shape index (κ2) is 7.99. The van der Waals surface area contributed by atoms with Gasteiger partial charge in [0.25, 0.3) is 0 Å². The molecular formula is C30H23NO5S. The summed E-state index contributed by atoms with van der Waals surface area (Å²) >= 11 is 1.08. The molecule has 4 aliphatic rings. The molecule has 0 aromatic heterocycles. The van der Waals surface area contributed by atoms with Crippen LogP contribution < -0.4 is 5.32 Å². The highest BCUT2D eigenvalue weighted by molar-refractivity contribution is 8.14. The number of Topliss-reactive ketones (excluding diaryl/α,β-unsaturated/α-hetero) is 1. The van der Waals surface area contributed by atoms with Gasteiger partial charge in [0.05, 0.1) is 5.92 Å². The lowest BCUT2D eigenvalue weighted by Gasteiger charge is -2.41. The Kier molecular flexibility index (Phi) is 4.89. The molecule has 7 rings (SSSR count). The molecule has 1 heterocycles. The number of rotatable bonds is 3. The highest BCUT2D eigenvalue weighted by Crippen LogP contribution is 2.50. The minimum Gasteiger partial charge on any atom is -0.386 e. The van der Waals surface area contributed by atoms with E-state index in [-0.39, 0.29) is 28.5 Å². The average Bonchev–Trinajstić information content (AvgIpc) is 3.22. The Hall–Kier alpha value is -3.52. The summed E-state index contributed by atoms with van der Waals surface area (Å²) in [5, 5.41) is 25.9. The number of aliphatic hydroxyl groups is 2. The first-order chi connectivity index (χ1) is 17.8. The Balaban J connectivity index is 1.32. The zero-order chi connectivity index (χ0) is 25.6. The van der Waals surface area contributed by atoms with Gasteiger partial charge in [-0.1, -0.05) is 42.0 Å². The van der Waals surface area contributed by atoms with E-state index in [1.807, 2.05) is 43.3 Å². The van der Waals surface area contributed by atoms with Crippen LogP contribution in [0.2, 0.25) is 0 Å². The molecule has 7 heteroatoms. The fourth-order valence-corrected chi connectivity index (χ4v) is 7.70. The van der Waals surface area contributed by atoms with E-state index in [2.05, 4.69) is 5.32 Å². The number of aliphatic hydroxyl groups excluding tert-OH is 2. The number of allylic oxidation sites excluding steroid dienone is 2. The van der Waals surface area contributed by atoms with Crippen LogP contribution in [0.3, 0.4) is 0 Å². The third-order valence-electron chi connectivity index (χ3n) is 8.23. The van der Waals surface area contributed by atoms with Crippen molar-refractivity contribution in [3.63, 3.8) is 0 Å². The summed E-state index contributed by atoms with van der Waals surface area (Å²) < 4.78 is 0. The number of thioether (sulfide) groups is 1. The molecule has 37 heavy (non-hydrogen) atoms. The molecule has 3 N–H and O–H groups in total. The molecule has 3 aliphatic carbocycles. The number of carbonyl (C=O) groups is 3. The van der Waals surface area contributed by atoms with Crippen molar-refractivity contribution in [3.05, 3.63) is 88.0 Å². The summed E-state index contributed by atoms with van der Waals surface area (Å²) in [7, 11) is 0. The van der Waals surface area contributed by atoms with Gasteiger partial charge in [-0.15, -0.1) is 0 Å². The predicted molar refractivity (Wildman–Crippen MR) is 142 cm³/mol. The van der Waals surface area contributed by atoms with Crippen LogP contribution in [0.1, 0.15) is 56.4 Å². The topological polar surface area (TPSA) is 104 Å².